The fourth-order valence-electron chi connectivity index (χ4n) is 1.35. The second-order valence-electron chi connectivity index (χ2n) is 2.94. The van der Waals surface area contributed by atoms with E-state index in [0.29, 0.717) is 10.1 Å². The van der Waals surface area contributed by atoms with Crippen molar-refractivity contribution in [3.63, 3.8) is 0 Å². The zero-order chi connectivity index (χ0) is 11.0. The number of carboxylic acid groups (broad SMARTS) is 2. The molecule has 2 aromatic rings. The van der Waals surface area contributed by atoms with Crippen LogP contribution in [0, 0.1) is 0 Å². The first-order valence-electron chi connectivity index (χ1n) is 4.09. The topological polar surface area (TPSA) is 74.6 Å². The Morgan fingerprint density at radius 2 is 1.87 bits per heavy atom. The molecule has 4 nitrogen and oxygen atoms in total. The lowest BCUT2D eigenvalue weighted by Gasteiger charge is -1.94. The van der Waals surface area contributed by atoms with Crippen LogP contribution in [-0.2, 0) is 0 Å². The van der Waals surface area contributed by atoms with Crippen molar-refractivity contribution in [1.29, 1.82) is 0 Å². The van der Waals surface area contributed by atoms with Crippen molar-refractivity contribution in [2.75, 3.05) is 0 Å². The van der Waals surface area contributed by atoms with Gasteiger partial charge in [-0.2, -0.15) is 0 Å². The van der Waals surface area contributed by atoms with Gasteiger partial charge in [0.05, 0.1) is 5.56 Å². The molecule has 0 saturated carbocycles. The van der Waals surface area contributed by atoms with Gasteiger partial charge in [-0.05, 0) is 18.2 Å². The molecule has 0 amide bonds. The molecule has 76 valence electrons. The maximum Gasteiger partial charge on any atom is 0.345 e. The molecule has 0 fully saturated rings. The first-order chi connectivity index (χ1) is 7.09. The second-order valence-corrected chi connectivity index (χ2v) is 4.02. The van der Waals surface area contributed by atoms with Crippen molar-refractivity contribution >= 4 is 33.4 Å². The Morgan fingerprint density at radius 1 is 1.13 bits per heavy atom. The van der Waals surface area contributed by atoms with Crippen molar-refractivity contribution in [1.82, 2.24) is 0 Å². The van der Waals surface area contributed by atoms with E-state index < -0.39 is 11.9 Å². The molecule has 1 aromatic carbocycles. The fourth-order valence-corrected chi connectivity index (χ4v) is 2.28. The van der Waals surface area contributed by atoms with Crippen LogP contribution < -0.4 is 0 Å². The first kappa shape index (κ1) is 9.67. The average molecular weight is 222 g/mol. The molecule has 2 rings (SSSR count). The molecule has 0 radical (unpaired) electrons. The molecule has 0 aliphatic heterocycles. The standard InChI is InChI=1S/C10H6O4S/c11-9(12)5-2-1-3-7-6(5)4-8(15-7)10(13)14/h1-4H,(H,11,12)(H,13,14). The number of thiophene rings is 1. The van der Waals surface area contributed by atoms with Gasteiger partial charge in [0, 0.05) is 10.1 Å². The Labute approximate surface area is 88.4 Å². The smallest absolute Gasteiger partial charge is 0.345 e. The lowest BCUT2D eigenvalue weighted by Crippen LogP contribution is -1.95. The fraction of sp³-hybridized carbons (Fsp3) is 0. The highest BCUT2D eigenvalue weighted by molar-refractivity contribution is 7.20. The predicted molar refractivity (Wildman–Crippen MR) is 55.7 cm³/mol. The molecule has 0 aliphatic rings. The highest BCUT2D eigenvalue weighted by Crippen LogP contribution is 2.28. The summed E-state index contributed by atoms with van der Waals surface area (Å²) >= 11 is 1.07. The summed E-state index contributed by atoms with van der Waals surface area (Å²) in [6.45, 7) is 0. The zero-order valence-corrected chi connectivity index (χ0v) is 8.25. The van der Waals surface area contributed by atoms with Crippen molar-refractivity contribution < 1.29 is 19.8 Å². The van der Waals surface area contributed by atoms with Gasteiger partial charge in [-0.3, -0.25) is 0 Å². The molecular weight excluding hydrogens is 216 g/mol. The van der Waals surface area contributed by atoms with Crippen LogP contribution in [0.15, 0.2) is 24.3 Å². The highest BCUT2D eigenvalue weighted by Gasteiger charge is 2.13. The number of benzene rings is 1. The third-order valence-corrected chi connectivity index (χ3v) is 3.09. The number of fused-ring (bicyclic) bond motifs is 1. The van der Waals surface area contributed by atoms with Gasteiger partial charge in [-0.25, -0.2) is 9.59 Å². The van der Waals surface area contributed by atoms with E-state index in [0.717, 1.165) is 11.3 Å². The number of hydrogen-bond acceptors (Lipinski definition) is 3. The van der Waals surface area contributed by atoms with Gasteiger partial charge in [0.25, 0.3) is 0 Å². The summed E-state index contributed by atoms with van der Waals surface area (Å²) in [5, 5.41) is 18.1. The summed E-state index contributed by atoms with van der Waals surface area (Å²) in [6.07, 6.45) is 0. The molecule has 0 aliphatic carbocycles. The van der Waals surface area contributed by atoms with E-state index in [2.05, 4.69) is 0 Å². The third-order valence-electron chi connectivity index (χ3n) is 2.00. The highest BCUT2D eigenvalue weighted by atomic mass is 32.1. The number of rotatable bonds is 2. The van der Waals surface area contributed by atoms with Crippen LogP contribution in [0.2, 0.25) is 0 Å². The number of hydrogen-bond donors (Lipinski definition) is 2. The summed E-state index contributed by atoms with van der Waals surface area (Å²) in [4.78, 5) is 21.7. The normalized spacial score (nSPS) is 10.4. The maximum absolute atomic E-state index is 10.9. The van der Waals surface area contributed by atoms with Crippen LogP contribution in [0.3, 0.4) is 0 Å². The summed E-state index contributed by atoms with van der Waals surface area (Å²) in [5.74, 6) is -2.08. The van der Waals surface area contributed by atoms with Gasteiger partial charge in [0.2, 0.25) is 0 Å². The molecule has 0 atom stereocenters. The molecule has 15 heavy (non-hydrogen) atoms. The second kappa shape index (κ2) is 3.36. The molecule has 0 spiro atoms. The molecule has 0 bridgehead atoms. The molecule has 0 unspecified atom stereocenters. The van der Waals surface area contributed by atoms with E-state index in [1.54, 1.807) is 12.1 Å². The molecule has 5 heteroatoms. The maximum atomic E-state index is 10.9. The quantitative estimate of drug-likeness (QED) is 0.817. The van der Waals surface area contributed by atoms with Crippen molar-refractivity contribution in [3.05, 3.63) is 34.7 Å². The van der Waals surface area contributed by atoms with Crippen molar-refractivity contribution in [2.24, 2.45) is 0 Å². The van der Waals surface area contributed by atoms with Crippen LogP contribution in [0.25, 0.3) is 10.1 Å². The summed E-state index contributed by atoms with van der Waals surface area (Å²) in [5.41, 5.74) is 0.135. The van der Waals surface area contributed by atoms with E-state index in [1.807, 2.05) is 0 Å². The lowest BCUT2D eigenvalue weighted by atomic mass is 10.1. The first-order valence-corrected chi connectivity index (χ1v) is 4.90. The molecule has 2 N–H and O–H groups in total. The van der Waals surface area contributed by atoms with Crippen molar-refractivity contribution in [2.45, 2.75) is 0 Å². The Kier molecular flexibility index (Phi) is 2.17. The predicted octanol–water partition coefficient (Wildman–Crippen LogP) is 2.30. The van der Waals surface area contributed by atoms with E-state index >= 15 is 0 Å². The number of aromatic carboxylic acids is 2. The molecular formula is C10H6O4S. The van der Waals surface area contributed by atoms with Crippen LogP contribution >= 0.6 is 11.3 Å². The van der Waals surface area contributed by atoms with E-state index in [-0.39, 0.29) is 10.4 Å². The monoisotopic (exact) mass is 222 g/mol. The Balaban J connectivity index is 2.75. The molecule has 0 saturated heterocycles. The summed E-state index contributed by atoms with van der Waals surface area (Å²) in [6, 6.07) is 6.17. The summed E-state index contributed by atoms with van der Waals surface area (Å²) in [7, 11) is 0. The van der Waals surface area contributed by atoms with Gasteiger partial charge in [-0.1, -0.05) is 6.07 Å². The lowest BCUT2D eigenvalue weighted by molar-refractivity contribution is 0.0688. The van der Waals surface area contributed by atoms with E-state index in [1.165, 1.54) is 12.1 Å². The minimum Gasteiger partial charge on any atom is -0.478 e. The van der Waals surface area contributed by atoms with Gasteiger partial charge in [0.15, 0.2) is 0 Å². The molecule has 1 aromatic heterocycles. The van der Waals surface area contributed by atoms with Gasteiger partial charge in [0.1, 0.15) is 4.88 Å². The van der Waals surface area contributed by atoms with Gasteiger partial charge >= 0.3 is 11.9 Å². The van der Waals surface area contributed by atoms with Crippen LogP contribution in [0.1, 0.15) is 20.0 Å². The zero-order valence-electron chi connectivity index (χ0n) is 7.43. The van der Waals surface area contributed by atoms with Gasteiger partial charge in [-0.15, -0.1) is 11.3 Å². The molecule has 1 heterocycles. The SMILES string of the molecule is O=C(O)c1cc2c(C(=O)O)cccc2s1. The van der Waals surface area contributed by atoms with Crippen LogP contribution in [0.4, 0.5) is 0 Å². The third kappa shape index (κ3) is 1.57. The van der Waals surface area contributed by atoms with E-state index in [9.17, 15) is 9.59 Å². The van der Waals surface area contributed by atoms with Gasteiger partial charge < -0.3 is 10.2 Å². The Morgan fingerprint density at radius 3 is 2.47 bits per heavy atom. The van der Waals surface area contributed by atoms with E-state index in [4.69, 9.17) is 10.2 Å². The van der Waals surface area contributed by atoms with Crippen molar-refractivity contribution in [3.8, 4) is 0 Å². The largest absolute Gasteiger partial charge is 0.478 e. The Hall–Kier alpha value is -1.88. The average Bonchev–Trinajstić information content (AvgIpc) is 2.60. The summed E-state index contributed by atoms with van der Waals surface area (Å²) < 4.78 is 0.673. The minimum absolute atomic E-state index is 0.135. The van der Waals surface area contributed by atoms with Crippen LogP contribution in [0.5, 0.6) is 0 Å². The number of carbonyl (C=O) groups is 2. The number of carboxylic acids is 2. The minimum atomic E-state index is -1.05. The van der Waals surface area contributed by atoms with Crippen LogP contribution in [-0.4, -0.2) is 22.2 Å². The Bertz CT molecular complexity index is 556.